The molecule has 0 saturated carbocycles. The molecule has 0 spiro atoms. The number of aromatic hydroxyl groups is 1. The van der Waals surface area contributed by atoms with Gasteiger partial charge in [0, 0.05) is 30.3 Å². The molecule has 3 N–H and O–H groups in total. The molecule has 2 aromatic carbocycles. The first kappa shape index (κ1) is 22.3. The van der Waals surface area contributed by atoms with Gasteiger partial charge in [-0.1, -0.05) is 26.5 Å². The van der Waals surface area contributed by atoms with Crippen molar-refractivity contribution in [3.05, 3.63) is 60.2 Å². The first-order chi connectivity index (χ1) is 13.7. The second-order valence-electron chi connectivity index (χ2n) is 6.06. The summed E-state index contributed by atoms with van der Waals surface area (Å²) >= 11 is 0. The Bertz CT molecular complexity index is 1000. The van der Waals surface area contributed by atoms with Crippen LogP contribution in [0, 0.1) is 0 Å². The first-order valence-electron chi connectivity index (χ1n) is 8.97. The standard InChI is InChI=1S/C20H25N3O5S/c1-5-23(6-2)29(26,27)17-9-7-8-15(12-17)20(25)22-21-14(3)18-11-10-16(28-4)13-19(18)24/h7-13,21,24H,3,5-6H2,1-2,4H3,(H,22,25). The Morgan fingerprint density at radius 1 is 1.14 bits per heavy atom. The lowest BCUT2D eigenvalue weighted by atomic mass is 10.1. The molecule has 8 nitrogen and oxygen atoms in total. The Hall–Kier alpha value is -3.04. The van der Waals surface area contributed by atoms with E-state index in [0.29, 0.717) is 24.4 Å². The fraction of sp³-hybridized carbons (Fsp3) is 0.250. The molecule has 2 aromatic rings. The van der Waals surface area contributed by atoms with E-state index in [1.165, 1.54) is 41.7 Å². The zero-order valence-electron chi connectivity index (χ0n) is 16.6. The Balaban J connectivity index is 2.13. The predicted octanol–water partition coefficient (Wildman–Crippen LogP) is 2.34. The third-order valence-corrected chi connectivity index (χ3v) is 6.34. The average molecular weight is 420 g/mol. The van der Waals surface area contributed by atoms with Gasteiger partial charge in [0.25, 0.3) is 5.91 Å². The number of carbonyl (C=O) groups is 1. The maximum absolute atomic E-state index is 12.6. The molecule has 0 fully saturated rings. The number of phenolic OH excluding ortho intramolecular Hbond substituents is 1. The molecular weight excluding hydrogens is 394 g/mol. The monoisotopic (exact) mass is 419 g/mol. The van der Waals surface area contributed by atoms with E-state index in [9.17, 15) is 18.3 Å². The van der Waals surface area contributed by atoms with E-state index in [2.05, 4.69) is 17.4 Å². The van der Waals surface area contributed by atoms with Crippen molar-refractivity contribution in [3.8, 4) is 11.5 Å². The highest BCUT2D eigenvalue weighted by Gasteiger charge is 2.22. The van der Waals surface area contributed by atoms with Crippen LogP contribution in [0.1, 0.15) is 29.8 Å². The van der Waals surface area contributed by atoms with Gasteiger partial charge in [0.15, 0.2) is 0 Å². The minimum Gasteiger partial charge on any atom is -0.507 e. The molecule has 9 heteroatoms. The topological polar surface area (TPSA) is 108 Å². The minimum atomic E-state index is -3.67. The van der Waals surface area contributed by atoms with E-state index in [1.54, 1.807) is 26.0 Å². The van der Waals surface area contributed by atoms with E-state index in [4.69, 9.17) is 4.74 Å². The van der Waals surface area contributed by atoms with Crippen LogP contribution in [0.5, 0.6) is 11.5 Å². The molecule has 0 aliphatic heterocycles. The van der Waals surface area contributed by atoms with Gasteiger partial charge in [0.1, 0.15) is 11.5 Å². The number of carbonyl (C=O) groups excluding carboxylic acids is 1. The van der Waals surface area contributed by atoms with Crippen LogP contribution in [0.3, 0.4) is 0 Å². The predicted molar refractivity (Wildman–Crippen MR) is 111 cm³/mol. The van der Waals surface area contributed by atoms with Gasteiger partial charge in [-0.15, -0.1) is 0 Å². The van der Waals surface area contributed by atoms with Gasteiger partial charge < -0.3 is 9.84 Å². The molecule has 2 rings (SSSR count). The lowest BCUT2D eigenvalue weighted by Gasteiger charge is -2.19. The van der Waals surface area contributed by atoms with Crippen LogP contribution in [-0.4, -0.2) is 43.9 Å². The van der Waals surface area contributed by atoms with Crippen molar-refractivity contribution in [2.75, 3.05) is 20.2 Å². The third kappa shape index (κ3) is 5.07. The average Bonchev–Trinajstić information content (AvgIpc) is 2.72. The minimum absolute atomic E-state index is 0.0421. The summed E-state index contributed by atoms with van der Waals surface area (Å²) < 4.78 is 31.6. The van der Waals surface area contributed by atoms with Crippen molar-refractivity contribution in [1.82, 2.24) is 15.2 Å². The van der Waals surface area contributed by atoms with Crippen molar-refractivity contribution in [3.63, 3.8) is 0 Å². The number of hydrogen-bond acceptors (Lipinski definition) is 6. The summed E-state index contributed by atoms with van der Waals surface area (Å²) in [7, 11) is -2.19. The molecule has 0 radical (unpaired) electrons. The molecule has 0 bridgehead atoms. The highest BCUT2D eigenvalue weighted by atomic mass is 32.2. The summed E-state index contributed by atoms with van der Waals surface area (Å²) in [6.45, 7) is 7.95. The van der Waals surface area contributed by atoms with Crippen LogP contribution in [0.15, 0.2) is 53.9 Å². The largest absolute Gasteiger partial charge is 0.507 e. The smallest absolute Gasteiger partial charge is 0.269 e. The van der Waals surface area contributed by atoms with Gasteiger partial charge in [-0.05, 0) is 30.3 Å². The normalized spacial score (nSPS) is 11.2. The van der Waals surface area contributed by atoms with Gasteiger partial charge in [0.2, 0.25) is 10.0 Å². The lowest BCUT2D eigenvalue weighted by molar-refractivity contribution is 0.0942. The highest BCUT2D eigenvalue weighted by Crippen LogP contribution is 2.27. The first-order valence-corrected chi connectivity index (χ1v) is 10.4. The molecule has 1 amide bonds. The number of nitrogens with zero attached hydrogens (tertiary/aromatic N) is 1. The van der Waals surface area contributed by atoms with Gasteiger partial charge in [-0.3, -0.25) is 15.6 Å². The van der Waals surface area contributed by atoms with E-state index in [0.717, 1.165) is 0 Å². The Morgan fingerprint density at radius 2 is 1.83 bits per heavy atom. The second-order valence-corrected chi connectivity index (χ2v) is 8.00. The fourth-order valence-electron chi connectivity index (χ4n) is 2.68. The molecule has 0 aliphatic carbocycles. The van der Waals surface area contributed by atoms with Crippen molar-refractivity contribution in [2.24, 2.45) is 0 Å². The molecule has 0 heterocycles. The van der Waals surface area contributed by atoms with E-state index >= 15 is 0 Å². The summed E-state index contributed by atoms with van der Waals surface area (Å²) in [6.07, 6.45) is 0. The molecule has 0 saturated heterocycles. The van der Waals surface area contributed by atoms with E-state index in [-0.39, 0.29) is 21.9 Å². The number of sulfonamides is 1. The van der Waals surface area contributed by atoms with Crippen LogP contribution in [0.25, 0.3) is 5.70 Å². The molecule has 0 atom stereocenters. The van der Waals surface area contributed by atoms with E-state index < -0.39 is 15.9 Å². The van der Waals surface area contributed by atoms with Gasteiger partial charge in [0.05, 0.1) is 17.7 Å². The van der Waals surface area contributed by atoms with Crippen LogP contribution < -0.4 is 15.6 Å². The van der Waals surface area contributed by atoms with Crippen molar-refractivity contribution >= 4 is 21.6 Å². The number of hydrazine groups is 1. The quantitative estimate of drug-likeness (QED) is 0.539. The van der Waals surface area contributed by atoms with Crippen LogP contribution in [-0.2, 0) is 10.0 Å². The molecule has 0 unspecified atom stereocenters. The number of methoxy groups -OCH3 is 1. The number of rotatable bonds is 9. The number of amides is 1. The summed E-state index contributed by atoms with van der Waals surface area (Å²) in [4.78, 5) is 12.5. The maximum atomic E-state index is 12.6. The van der Waals surface area contributed by atoms with Crippen molar-refractivity contribution in [1.29, 1.82) is 0 Å². The second kappa shape index (κ2) is 9.44. The third-order valence-electron chi connectivity index (χ3n) is 4.30. The van der Waals surface area contributed by atoms with Crippen molar-refractivity contribution < 1.29 is 23.1 Å². The van der Waals surface area contributed by atoms with Crippen molar-refractivity contribution in [2.45, 2.75) is 18.7 Å². The molecule has 29 heavy (non-hydrogen) atoms. The highest BCUT2D eigenvalue weighted by molar-refractivity contribution is 7.89. The summed E-state index contributed by atoms with van der Waals surface area (Å²) in [5.74, 6) is -0.131. The number of nitrogens with one attached hydrogen (secondary N) is 2. The molecule has 156 valence electrons. The lowest BCUT2D eigenvalue weighted by Crippen LogP contribution is -2.36. The van der Waals surface area contributed by atoms with Crippen LogP contribution in [0.4, 0.5) is 0 Å². The number of phenols is 1. The number of hydrogen-bond donors (Lipinski definition) is 3. The Morgan fingerprint density at radius 3 is 2.41 bits per heavy atom. The molecule has 0 aromatic heterocycles. The zero-order valence-corrected chi connectivity index (χ0v) is 17.4. The molecular formula is C20H25N3O5S. The number of benzene rings is 2. The Kier molecular flexibility index (Phi) is 7.24. The van der Waals surface area contributed by atoms with E-state index in [1.807, 2.05) is 0 Å². The maximum Gasteiger partial charge on any atom is 0.269 e. The SMILES string of the molecule is C=C(NNC(=O)c1cccc(S(=O)(=O)N(CC)CC)c1)c1ccc(OC)cc1O. The fourth-order valence-corrected chi connectivity index (χ4v) is 4.18. The number of ether oxygens (including phenoxy) is 1. The summed E-state index contributed by atoms with van der Waals surface area (Å²) in [5.41, 5.74) is 5.87. The summed E-state index contributed by atoms with van der Waals surface area (Å²) in [5, 5.41) is 10.0. The van der Waals surface area contributed by atoms with Crippen LogP contribution in [0.2, 0.25) is 0 Å². The molecule has 0 aliphatic rings. The summed E-state index contributed by atoms with van der Waals surface area (Å²) in [6, 6.07) is 10.4. The van der Waals surface area contributed by atoms with Crippen LogP contribution >= 0.6 is 0 Å². The Labute approximate surface area is 170 Å². The van der Waals surface area contributed by atoms with Gasteiger partial charge >= 0.3 is 0 Å². The van der Waals surface area contributed by atoms with Gasteiger partial charge in [-0.25, -0.2) is 8.42 Å². The van der Waals surface area contributed by atoms with Gasteiger partial charge in [-0.2, -0.15) is 4.31 Å². The zero-order chi connectivity index (χ0) is 21.6.